The zero-order chi connectivity index (χ0) is 14.7. The Morgan fingerprint density at radius 1 is 1.24 bits per heavy atom. The minimum atomic E-state index is 0.516. The van der Waals surface area contributed by atoms with Crippen molar-refractivity contribution >= 4 is 22.5 Å². The lowest BCUT2D eigenvalue weighted by Crippen LogP contribution is -2.06. The average Bonchev–Trinajstić information content (AvgIpc) is 3.00. The topological polar surface area (TPSA) is 31.4 Å². The van der Waals surface area contributed by atoms with Gasteiger partial charge in [0.1, 0.15) is 10.9 Å². The second kappa shape index (κ2) is 6.63. The van der Waals surface area contributed by atoms with Gasteiger partial charge in [-0.2, -0.15) is 0 Å². The van der Waals surface area contributed by atoms with Crippen molar-refractivity contribution in [3.05, 3.63) is 35.0 Å². The molecule has 1 aromatic carbocycles. The summed E-state index contributed by atoms with van der Waals surface area (Å²) in [7, 11) is 1.65. The Morgan fingerprint density at radius 2 is 2.05 bits per heavy atom. The molecule has 0 unspecified atom stereocenters. The molecule has 1 aliphatic rings. The van der Waals surface area contributed by atoms with Crippen LogP contribution in [0.4, 0.5) is 0 Å². The van der Waals surface area contributed by atoms with E-state index in [1.54, 1.807) is 7.11 Å². The molecule has 0 bridgehead atoms. The van der Waals surface area contributed by atoms with Crippen LogP contribution in [0.15, 0.2) is 24.3 Å². The Hall–Kier alpha value is -1.32. The van der Waals surface area contributed by atoms with Crippen LogP contribution < -0.4 is 4.74 Å². The van der Waals surface area contributed by atoms with Gasteiger partial charge in [0.05, 0.1) is 19.2 Å². The summed E-state index contributed by atoms with van der Waals surface area (Å²) in [4.78, 5) is 4.44. The van der Waals surface area contributed by atoms with Crippen molar-refractivity contribution in [2.45, 2.75) is 32.3 Å². The van der Waals surface area contributed by atoms with Crippen molar-refractivity contribution < 1.29 is 9.47 Å². The quantitative estimate of drug-likeness (QED) is 0.756. The molecular weight excluding hydrogens is 286 g/mol. The molecule has 1 aromatic heterocycles. The molecule has 3 nitrogen and oxygen atoms in total. The number of benzene rings is 1. The number of nitrogens with zero attached hydrogens (tertiary/aromatic N) is 1. The third-order valence-electron chi connectivity index (χ3n) is 4.14. The molecule has 1 heterocycles. The monoisotopic (exact) mass is 305 g/mol. The molecule has 1 saturated carbocycles. The minimum Gasteiger partial charge on any atom is -0.497 e. The molecule has 112 valence electrons. The second-order valence-corrected chi connectivity index (χ2v) is 6.02. The molecule has 0 radical (unpaired) electrons. The first-order valence-corrected chi connectivity index (χ1v) is 7.85. The van der Waals surface area contributed by atoms with Crippen molar-refractivity contribution in [3.63, 3.8) is 0 Å². The van der Waals surface area contributed by atoms with Crippen LogP contribution in [-0.2, 0) is 11.3 Å². The summed E-state index contributed by atoms with van der Waals surface area (Å²) in [6.45, 7) is 1.36. The highest BCUT2D eigenvalue weighted by molar-refractivity contribution is 6.30. The fourth-order valence-corrected chi connectivity index (χ4v) is 3.11. The minimum absolute atomic E-state index is 0.516. The molecular formula is C17H20ClNO2. The van der Waals surface area contributed by atoms with Crippen LogP contribution in [0.25, 0.3) is 10.9 Å². The third-order valence-corrected chi connectivity index (χ3v) is 4.46. The molecule has 1 aliphatic carbocycles. The largest absolute Gasteiger partial charge is 0.497 e. The van der Waals surface area contributed by atoms with Crippen LogP contribution in [0.5, 0.6) is 5.75 Å². The molecule has 0 N–H and O–H groups in total. The maximum atomic E-state index is 6.26. The predicted molar refractivity (Wildman–Crippen MR) is 84.9 cm³/mol. The van der Waals surface area contributed by atoms with Gasteiger partial charge in [0, 0.05) is 23.6 Å². The summed E-state index contributed by atoms with van der Waals surface area (Å²) in [6, 6.07) is 7.88. The number of hydrogen-bond acceptors (Lipinski definition) is 3. The fraction of sp³-hybridized carbons (Fsp3) is 0.471. The fourth-order valence-electron chi connectivity index (χ4n) is 2.91. The summed E-state index contributed by atoms with van der Waals surface area (Å²) in [5, 5.41) is 1.57. The first-order valence-electron chi connectivity index (χ1n) is 7.47. The van der Waals surface area contributed by atoms with Gasteiger partial charge in [-0.1, -0.05) is 24.4 Å². The van der Waals surface area contributed by atoms with E-state index in [2.05, 4.69) is 11.1 Å². The standard InChI is InChI=1S/C17H20ClNO2/c1-20-15-7-6-13-8-14(17(18)19-16(13)9-15)11-21-10-12-4-2-3-5-12/h6-9,12H,2-5,10-11H2,1H3. The lowest BCUT2D eigenvalue weighted by molar-refractivity contribution is 0.0888. The van der Waals surface area contributed by atoms with E-state index in [9.17, 15) is 0 Å². The van der Waals surface area contributed by atoms with Crippen molar-refractivity contribution in [1.29, 1.82) is 0 Å². The van der Waals surface area contributed by atoms with Crippen LogP contribution in [-0.4, -0.2) is 18.7 Å². The first-order chi connectivity index (χ1) is 10.3. The first kappa shape index (κ1) is 14.6. The molecule has 0 atom stereocenters. The van der Waals surface area contributed by atoms with Gasteiger partial charge in [-0.25, -0.2) is 4.98 Å². The maximum absolute atomic E-state index is 6.26. The Labute approximate surface area is 130 Å². The Balaban J connectivity index is 1.71. The van der Waals surface area contributed by atoms with E-state index >= 15 is 0 Å². The number of methoxy groups -OCH3 is 1. The van der Waals surface area contributed by atoms with Crippen LogP contribution in [0.2, 0.25) is 5.15 Å². The Bertz CT molecular complexity index is 623. The summed E-state index contributed by atoms with van der Waals surface area (Å²) in [5.74, 6) is 1.51. The summed E-state index contributed by atoms with van der Waals surface area (Å²) < 4.78 is 11.0. The van der Waals surface area contributed by atoms with Crippen molar-refractivity contribution in [2.75, 3.05) is 13.7 Å². The molecule has 3 rings (SSSR count). The van der Waals surface area contributed by atoms with E-state index in [0.717, 1.165) is 34.7 Å². The molecule has 2 aromatic rings. The van der Waals surface area contributed by atoms with E-state index in [-0.39, 0.29) is 0 Å². The van der Waals surface area contributed by atoms with E-state index in [1.807, 2.05) is 18.2 Å². The maximum Gasteiger partial charge on any atom is 0.135 e. The molecule has 0 amide bonds. The summed E-state index contributed by atoms with van der Waals surface area (Å²) in [6.07, 6.45) is 5.27. The number of fused-ring (bicyclic) bond motifs is 1. The highest BCUT2D eigenvalue weighted by Gasteiger charge is 2.15. The smallest absolute Gasteiger partial charge is 0.135 e. The van der Waals surface area contributed by atoms with Gasteiger partial charge in [0.25, 0.3) is 0 Å². The lowest BCUT2D eigenvalue weighted by atomic mass is 10.1. The lowest BCUT2D eigenvalue weighted by Gasteiger charge is -2.11. The number of pyridine rings is 1. The highest BCUT2D eigenvalue weighted by atomic mass is 35.5. The predicted octanol–water partition coefficient (Wildman–Crippen LogP) is 4.60. The normalized spacial score (nSPS) is 15.7. The average molecular weight is 306 g/mol. The molecule has 1 fully saturated rings. The van der Waals surface area contributed by atoms with Crippen LogP contribution in [0, 0.1) is 5.92 Å². The van der Waals surface area contributed by atoms with Crippen molar-refractivity contribution in [2.24, 2.45) is 5.92 Å². The van der Waals surface area contributed by atoms with E-state index in [1.165, 1.54) is 25.7 Å². The SMILES string of the molecule is COc1ccc2cc(COCC3CCCC3)c(Cl)nc2c1. The van der Waals surface area contributed by atoms with Gasteiger partial charge < -0.3 is 9.47 Å². The van der Waals surface area contributed by atoms with Gasteiger partial charge in [0.2, 0.25) is 0 Å². The summed E-state index contributed by atoms with van der Waals surface area (Å²) >= 11 is 6.26. The van der Waals surface area contributed by atoms with E-state index in [4.69, 9.17) is 21.1 Å². The third kappa shape index (κ3) is 3.47. The molecule has 0 aliphatic heterocycles. The number of hydrogen-bond donors (Lipinski definition) is 0. The number of ether oxygens (including phenoxy) is 2. The van der Waals surface area contributed by atoms with E-state index < -0.39 is 0 Å². The van der Waals surface area contributed by atoms with Gasteiger partial charge in [0.15, 0.2) is 0 Å². The number of aromatic nitrogens is 1. The zero-order valence-electron chi connectivity index (χ0n) is 12.3. The summed E-state index contributed by atoms with van der Waals surface area (Å²) in [5.41, 5.74) is 1.80. The van der Waals surface area contributed by atoms with Crippen LogP contribution in [0.3, 0.4) is 0 Å². The van der Waals surface area contributed by atoms with Gasteiger partial charge in [-0.05, 0) is 37.0 Å². The van der Waals surface area contributed by atoms with Gasteiger partial charge in [-0.15, -0.1) is 0 Å². The van der Waals surface area contributed by atoms with Gasteiger partial charge in [-0.3, -0.25) is 0 Å². The Morgan fingerprint density at radius 3 is 2.81 bits per heavy atom. The highest BCUT2D eigenvalue weighted by Crippen LogP contribution is 2.27. The van der Waals surface area contributed by atoms with Crippen molar-refractivity contribution in [1.82, 2.24) is 4.98 Å². The van der Waals surface area contributed by atoms with Crippen LogP contribution >= 0.6 is 11.6 Å². The van der Waals surface area contributed by atoms with Crippen molar-refractivity contribution in [3.8, 4) is 5.75 Å². The molecule has 21 heavy (non-hydrogen) atoms. The molecule has 0 spiro atoms. The zero-order valence-corrected chi connectivity index (χ0v) is 13.0. The number of halogens is 1. The van der Waals surface area contributed by atoms with E-state index in [0.29, 0.717) is 11.8 Å². The Kier molecular flexibility index (Phi) is 4.61. The molecule has 0 saturated heterocycles. The second-order valence-electron chi connectivity index (χ2n) is 5.66. The molecule has 4 heteroatoms. The van der Waals surface area contributed by atoms with Crippen LogP contribution in [0.1, 0.15) is 31.2 Å². The van der Waals surface area contributed by atoms with Gasteiger partial charge >= 0.3 is 0 Å². The number of rotatable bonds is 5.